The van der Waals surface area contributed by atoms with E-state index in [1.54, 1.807) is 19.1 Å². The molecule has 1 N–H and O–H groups in total. The number of imide groups is 1. The van der Waals surface area contributed by atoms with Gasteiger partial charge in [0.05, 0.1) is 19.0 Å². The van der Waals surface area contributed by atoms with Crippen molar-refractivity contribution in [3.05, 3.63) is 53.6 Å². The fourth-order valence-corrected chi connectivity index (χ4v) is 3.66. The summed E-state index contributed by atoms with van der Waals surface area (Å²) in [5, 5.41) is 11.8. The zero-order chi connectivity index (χ0) is 22.2. The van der Waals surface area contributed by atoms with E-state index in [-0.39, 0.29) is 12.4 Å². The number of carbonyl (C=O) groups is 2. The van der Waals surface area contributed by atoms with Crippen LogP contribution in [0, 0.1) is 0 Å². The summed E-state index contributed by atoms with van der Waals surface area (Å²) in [5.41, 5.74) is 1.56. The van der Waals surface area contributed by atoms with Gasteiger partial charge in [-0.1, -0.05) is 35.5 Å². The van der Waals surface area contributed by atoms with Crippen LogP contribution in [0.15, 0.2) is 53.7 Å². The first-order valence-electron chi connectivity index (χ1n) is 9.55. The molecule has 162 valence electrons. The normalized spacial score (nSPS) is 10.5. The molecule has 0 spiro atoms. The van der Waals surface area contributed by atoms with Gasteiger partial charge in [-0.25, -0.2) is 4.79 Å². The third-order valence-electron chi connectivity index (χ3n) is 3.97. The van der Waals surface area contributed by atoms with Gasteiger partial charge in [0.1, 0.15) is 5.75 Å². The molecule has 2 aromatic carbocycles. The lowest BCUT2D eigenvalue weighted by atomic mass is 10.2. The van der Waals surface area contributed by atoms with Crippen LogP contribution in [0.25, 0.3) is 17.1 Å². The number of benzene rings is 2. The van der Waals surface area contributed by atoms with Crippen molar-refractivity contribution in [3.63, 3.8) is 0 Å². The van der Waals surface area contributed by atoms with Crippen molar-refractivity contribution < 1.29 is 19.1 Å². The molecule has 3 rings (SSSR count). The maximum atomic E-state index is 12.1. The summed E-state index contributed by atoms with van der Waals surface area (Å²) in [6, 6.07) is 14.7. The maximum Gasteiger partial charge on any atom is 0.413 e. The molecule has 10 heteroatoms. The summed E-state index contributed by atoms with van der Waals surface area (Å²) >= 11 is 7.31. The fraction of sp³-hybridized carbons (Fsp3) is 0.238. The molecule has 0 aliphatic rings. The highest BCUT2D eigenvalue weighted by atomic mass is 35.5. The highest BCUT2D eigenvalue weighted by Crippen LogP contribution is 2.30. The molecule has 1 aromatic heterocycles. The first kappa shape index (κ1) is 22.6. The lowest BCUT2D eigenvalue weighted by Gasteiger charge is -2.11. The Balaban J connectivity index is 1.90. The van der Waals surface area contributed by atoms with Gasteiger partial charge in [-0.15, -0.1) is 10.2 Å². The van der Waals surface area contributed by atoms with E-state index in [4.69, 9.17) is 21.1 Å². The fourth-order valence-electron chi connectivity index (χ4n) is 2.72. The van der Waals surface area contributed by atoms with Crippen molar-refractivity contribution >= 4 is 35.4 Å². The topological polar surface area (TPSA) is 95.3 Å². The van der Waals surface area contributed by atoms with Crippen LogP contribution >= 0.6 is 23.4 Å². The number of rotatable bonds is 8. The minimum Gasteiger partial charge on any atom is -0.494 e. The minimum absolute atomic E-state index is 0.0382. The molecule has 0 saturated heterocycles. The van der Waals surface area contributed by atoms with E-state index in [1.165, 1.54) is 0 Å². The molecular formula is C21H21ClN4O4S. The average molecular weight is 461 g/mol. The van der Waals surface area contributed by atoms with Crippen LogP contribution in [0.4, 0.5) is 4.79 Å². The number of nitrogens with zero attached hydrogens (tertiary/aromatic N) is 3. The lowest BCUT2D eigenvalue weighted by molar-refractivity contribution is -0.117. The number of thioether (sulfide) groups is 1. The Morgan fingerprint density at radius 1 is 1.10 bits per heavy atom. The number of ether oxygens (including phenoxy) is 2. The van der Waals surface area contributed by atoms with Crippen LogP contribution < -0.4 is 10.1 Å². The van der Waals surface area contributed by atoms with Crippen LogP contribution in [-0.2, 0) is 9.53 Å². The second kappa shape index (κ2) is 10.8. The number of alkyl carbamates (subject to hydrolysis) is 1. The standard InChI is InChI=1S/C21H21ClN4O4S/c1-3-29-17-10-8-16(9-11-17)26-19(14-6-5-7-15(22)12-14)24-25-20(26)31-13-18(27)23-21(28)30-4-2/h5-12H,3-4,13H2,1-2H3,(H,23,27,28). The van der Waals surface area contributed by atoms with Crippen molar-refractivity contribution in [1.29, 1.82) is 0 Å². The molecule has 0 atom stereocenters. The van der Waals surface area contributed by atoms with Gasteiger partial charge < -0.3 is 9.47 Å². The summed E-state index contributed by atoms with van der Waals surface area (Å²) in [6.45, 7) is 4.33. The summed E-state index contributed by atoms with van der Waals surface area (Å²) in [6.07, 6.45) is -0.777. The highest BCUT2D eigenvalue weighted by Gasteiger charge is 2.18. The maximum absolute atomic E-state index is 12.1. The van der Waals surface area contributed by atoms with E-state index >= 15 is 0 Å². The van der Waals surface area contributed by atoms with Crippen molar-refractivity contribution in [2.45, 2.75) is 19.0 Å². The molecule has 3 aromatic rings. The first-order valence-corrected chi connectivity index (χ1v) is 10.9. The van der Waals surface area contributed by atoms with E-state index in [0.717, 1.165) is 28.8 Å². The number of carbonyl (C=O) groups excluding carboxylic acids is 2. The summed E-state index contributed by atoms with van der Waals surface area (Å²) in [4.78, 5) is 23.5. The van der Waals surface area contributed by atoms with Gasteiger partial charge in [-0.3, -0.25) is 14.7 Å². The predicted molar refractivity (Wildman–Crippen MR) is 119 cm³/mol. The first-order chi connectivity index (χ1) is 15.0. The number of aromatic nitrogens is 3. The predicted octanol–water partition coefficient (Wildman–Crippen LogP) is 4.35. The zero-order valence-corrected chi connectivity index (χ0v) is 18.6. The van der Waals surface area contributed by atoms with E-state index in [1.807, 2.05) is 47.9 Å². The summed E-state index contributed by atoms with van der Waals surface area (Å²) in [7, 11) is 0. The molecule has 0 radical (unpaired) electrons. The Morgan fingerprint density at radius 3 is 2.55 bits per heavy atom. The van der Waals surface area contributed by atoms with Gasteiger partial charge in [0, 0.05) is 16.3 Å². The van der Waals surface area contributed by atoms with Crippen molar-refractivity contribution in [2.75, 3.05) is 19.0 Å². The molecule has 1 heterocycles. The Hall–Kier alpha value is -3.04. The number of nitrogens with one attached hydrogen (secondary N) is 1. The average Bonchev–Trinajstić information content (AvgIpc) is 3.17. The molecule has 31 heavy (non-hydrogen) atoms. The molecule has 0 fully saturated rings. The molecule has 8 nitrogen and oxygen atoms in total. The second-order valence-corrected chi connectivity index (χ2v) is 7.52. The molecule has 2 amide bonds. The Labute approximate surface area is 188 Å². The molecule has 0 saturated carbocycles. The van der Waals surface area contributed by atoms with E-state index < -0.39 is 12.0 Å². The smallest absolute Gasteiger partial charge is 0.413 e. The number of amides is 2. The van der Waals surface area contributed by atoms with Gasteiger partial charge in [0.25, 0.3) is 0 Å². The van der Waals surface area contributed by atoms with Crippen molar-refractivity contribution in [1.82, 2.24) is 20.1 Å². The lowest BCUT2D eigenvalue weighted by Crippen LogP contribution is -2.32. The molecule has 0 aliphatic heterocycles. The van der Waals surface area contributed by atoms with Crippen LogP contribution in [0.1, 0.15) is 13.8 Å². The number of halogens is 1. The monoisotopic (exact) mass is 460 g/mol. The third-order valence-corrected chi connectivity index (χ3v) is 5.14. The van der Waals surface area contributed by atoms with Crippen molar-refractivity contribution in [3.8, 4) is 22.8 Å². The zero-order valence-electron chi connectivity index (χ0n) is 17.0. The Kier molecular flexibility index (Phi) is 7.91. The Bertz CT molecular complexity index is 1060. The van der Waals surface area contributed by atoms with Crippen LogP contribution in [0.5, 0.6) is 5.75 Å². The van der Waals surface area contributed by atoms with Crippen LogP contribution in [0.2, 0.25) is 5.02 Å². The molecule has 0 unspecified atom stereocenters. The van der Waals surface area contributed by atoms with Gasteiger partial charge in [0.15, 0.2) is 11.0 Å². The van der Waals surface area contributed by atoms with Crippen molar-refractivity contribution in [2.24, 2.45) is 0 Å². The SMILES string of the molecule is CCOC(=O)NC(=O)CSc1nnc(-c2cccc(Cl)c2)n1-c1ccc(OCC)cc1. The molecule has 0 bridgehead atoms. The number of hydrogen-bond acceptors (Lipinski definition) is 7. The van der Waals surface area contributed by atoms with Gasteiger partial charge in [-0.05, 0) is 50.2 Å². The van der Waals surface area contributed by atoms with Crippen LogP contribution in [-0.4, -0.2) is 45.7 Å². The molecular weight excluding hydrogens is 440 g/mol. The highest BCUT2D eigenvalue weighted by molar-refractivity contribution is 7.99. The summed E-state index contributed by atoms with van der Waals surface area (Å²) in [5.74, 6) is 0.782. The molecule has 0 aliphatic carbocycles. The Morgan fingerprint density at radius 2 is 1.87 bits per heavy atom. The van der Waals surface area contributed by atoms with Crippen LogP contribution in [0.3, 0.4) is 0 Å². The van der Waals surface area contributed by atoms with E-state index in [9.17, 15) is 9.59 Å². The van der Waals surface area contributed by atoms with E-state index in [2.05, 4.69) is 15.5 Å². The second-order valence-electron chi connectivity index (χ2n) is 6.14. The largest absolute Gasteiger partial charge is 0.494 e. The van der Waals surface area contributed by atoms with E-state index in [0.29, 0.717) is 22.6 Å². The van der Waals surface area contributed by atoms with Gasteiger partial charge >= 0.3 is 6.09 Å². The summed E-state index contributed by atoms with van der Waals surface area (Å²) < 4.78 is 12.1. The third kappa shape index (κ3) is 5.99. The van der Waals surface area contributed by atoms with Gasteiger partial charge in [-0.2, -0.15) is 0 Å². The quantitative estimate of drug-likeness (QED) is 0.499. The number of hydrogen-bond donors (Lipinski definition) is 1. The minimum atomic E-state index is -0.777. The van der Waals surface area contributed by atoms with Gasteiger partial charge in [0.2, 0.25) is 5.91 Å².